The maximum Gasteiger partial charge on any atom is 0.411 e. The van der Waals surface area contributed by atoms with Crippen molar-refractivity contribution in [2.75, 3.05) is 0 Å². The molecule has 0 spiro atoms. The Morgan fingerprint density at radius 3 is 2.16 bits per heavy atom. The largest absolute Gasteiger partial charge is 0.444 e. The Bertz CT molecular complexity index is 376. The van der Waals surface area contributed by atoms with Crippen molar-refractivity contribution in [2.45, 2.75) is 44.0 Å². The highest BCUT2D eigenvalue weighted by atomic mass is 32.1. The highest BCUT2D eigenvalue weighted by molar-refractivity contribution is 7.81. The molecule has 1 aromatic carbocycles. The zero-order chi connectivity index (χ0) is 14.3. The molecule has 0 aliphatic rings. The molecule has 5 heteroatoms. The predicted octanol–water partition coefficient (Wildman–Crippen LogP) is 3.96. The van der Waals surface area contributed by atoms with Crippen molar-refractivity contribution in [1.29, 1.82) is 0 Å². The van der Waals surface area contributed by atoms with E-state index in [9.17, 15) is 4.79 Å². The molecule has 0 N–H and O–H groups in total. The Balaban J connectivity index is 2.62. The molecule has 0 saturated heterocycles. The van der Waals surface area contributed by atoms with Crippen LogP contribution < -0.4 is 0 Å². The Kier molecular flexibility index (Phi) is 7.16. The first-order valence-electron chi connectivity index (χ1n) is 6.45. The van der Waals surface area contributed by atoms with E-state index in [1.54, 1.807) is 4.90 Å². The van der Waals surface area contributed by atoms with Crippen LogP contribution in [0.15, 0.2) is 30.3 Å². The van der Waals surface area contributed by atoms with Gasteiger partial charge < -0.3 is 4.74 Å². The molecule has 0 bridgehead atoms. The third-order valence-electron chi connectivity index (χ3n) is 2.79. The Morgan fingerprint density at radius 2 is 1.68 bits per heavy atom. The topological polar surface area (TPSA) is 29.5 Å². The number of hydrogen-bond acceptors (Lipinski definition) is 4. The summed E-state index contributed by atoms with van der Waals surface area (Å²) in [5.41, 5.74) is 0.968. The molecule has 0 aliphatic carbocycles. The lowest BCUT2D eigenvalue weighted by Gasteiger charge is -2.31. The monoisotopic (exact) mass is 299 g/mol. The molecule has 1 rings (SSSR count). The van der Waals surface area contributed by atoms with Gasteiger partial charge in [-0.3, -0.25) is 4.90 Å². The molecular formula is C14H21NO2S2. The van der Waals surface area contributed by atoms with Gasteiger partial charge in [0.1, 0.15) is 6.61 Å². The molecule has 0 radical (unpaired) electrons. The van der Waals surface area contributed by atoms with E-state index in [2.05, 4.69) is 25.3 Å². The minimum atomic E-state index is -0.368. The zero-order valence-electron chi connectivity index (χ0n) is 11.3. The van der Waals surface area contributed by atoms with Crippen molar-refractivity contribution in [1.82, 2.24) is 4.90 Å². The number of amides is 1. The average Bonchev–Trinajstić information content (AvgIpc) is 2.45. The van der Waals surface area contributed by atoms with Gasteiger partial charge in [-0.1, -0.05) is 44.2 Å². The summed E-state index contributed by atoms with van der Waals surface area (Å²) in [7, 11) is 0. The molecule has 2 unspecified atom stereocenters. The number of thiol groups is 2. The minimum Gasteiger partial charge on any atom is -0.444 e. The molecule has 0 fully saturated rings. The van der Waals surface area contributed by atoms with Crippen molar-refractivity contribution in [2.24, 2.45) is 0 Å². The number of nitrogens with zero attached hydrogens (tertiary/aromatic N) is 1. The predicted molar refractivity (Wildman–Crippen MR) is 84.6 cm³/mol. The van der Waals surface area contributed by atoms with Gasteiger partial charge in [-0.05, 0) is 18.4 Å². The summed E-state index contributed by atoms with van der Waals surface area (Å²) in [6.07, 6.45) is 1.13. The maximum atomic E-state index is 12.1. The summed E-state index contributed by atoms with van der Waals surface area (Å²) < 4.78 is 5.33. The molecule has 3 nitrogen and oxygen atoms in total. The number of hydrogen-bond donors (Lipinski definition) is 2. The second-order valence-corrected chi connectivity index (χ2v) is 5.42. The maximum absolute atomic E-state index is 12.1. The van der Waals surface area contributed by atoms with Gasteiger partial charge in [0, 0.05) is 0 Å². The van der Waals surface area contributed by atoms with Crippen LogP contribution >= 0.6 is 25.3 Å². The van der Waals surface area contributed by atoms with Crippen LogP contribution in [0.3, 0.4) is 0 Å². The van der Waals surface area contributed by atoms with Gasteiger partial charge in [-0.25, -0.2) is 4.79 Å². The summed E-state index contributed by atoms with van der Waals surface area (Å²) in [4.78, 5) is 13.7. The van der Waals surface area contributed by atoms with Gasteiger partial charge in [0.25, 0.3) is 0 Å². The number of carbonyl (C=O) groups excluding carboxylic acids is 1. The van der Waals surface area contributed by atoms with Crippen LogP contribution in [0, 0.1) is 0 Å². The van der Waals surface area contributed by atoms with Crippen LogP contribution in [0.4, 0.5) is 4.79 Å². The number of ether oxygens (including phenoxy) is 1. The quantitative estimate of drug-likeness (QED) is 0.615. The summed E-state index contributed by atoms with van der Waals surface area (Å²) in [5, 5.41) is -0.351. The first kappa shape index (κ1) is 16.2. The summed E-state index contributed by atoms with van der Waals surface area (Å²) in [5.74, 6) is 0. The van der Waals surface area contributed by atoms with Crippen LogP contribution in [0.2, 0.25) is 0 Å². The fraction of sp³-hybridized carbons (Fsp3) is 0.500. The fourth-order valence-electron chi connectivity index (χ4n) is 1.63. The van der Waals surface area contributed by atoms with Gasteiger partial charge in [-0.2, -0.15) is 25.3 Å². The van der Waals surface area contributed by atoms with Gasteiger partial charge in [0.2, 0.25) is 0 Å². The molecule has 19 heavy (non-hydrogen) atoms. The van der Waals surface area contributed by atoms with Crippen molar-refractivity contribution in [3.63, 3.8) is 0 Å². The smallest absolute Gasteiger partial charge is 0.411 e. The highest BCUT2D eigenvalue weighted by Crippen LogP contribution is 2.19. The Morgan fingerprint density at radius 1 is 1.16 bits per heavy atom. The third kappa shape index (κ3) is 4.99. The third-order valence-corrected chi connectivity index (χ3v) is 4.02. The van der Waals surface area contributed by atoms with E-state index in [4.69, 9.17) is 4.74 Å². The van der Waals surface area contributed by atoms with E-state index in [-0.39, 0.29) is 23.4 Å². The van der Waals surface area contributed by atoms with E-state index in [1.165, 1.54) is 0 Å². The van der Waals surface area contributed by atoms with Gasteiger partial charge in [0.15, 0.2) is 0 Å². The van der Waals surface area contributed by atoms with E-state index < -0.39 is 0 Å². The average molecular weight is 299 g/mol. The van der Waals surface area contributed by atoms with Crippen LogP contribution in [-0.2, 0) is 11.3 Å². The van der Waals surface area contributed by atoms with E-state index in [1.807, 2.05) is 44.2 Å². The van der Waals surface area contributed by atoms with Gasteiger partial charge >= 0.3 is 6.09 Å². The molecule has 0 saturated carbocycles. The number of carbonyl (C=O) groups is 1. The Hall–Kier alpha value is -0.810. The summed E-state index contributed by atoms with van der Waals surface area (Å²) in [6.45, 7) is 4.22. The lowest BCUT2D eigenvalue weighted by molar-refractivity contribution is 0.0880. The van der Waals surface area contributed by atoms with E-state index in [0.29, 0.717) is 0 Å². The van der Waals surface area contributed by atoms with Crippen LogP contribution in [-0.4, -0.2) is 21.7 Å². The summed E-state index contributed by atoms with van der Waals surface area (Å²) in [6, 6.07) is 9.62. The SMILES string of the molecule is CCC(S)N(C(=O)OCc1ccccc1)C(S)CC. The molecule has 0 heterocycles. The molecule has 0 aromatic heterocycles. The zero-order valence-corrected chi connectivity index (χ0v) is 13.1. The van der Waals surface area contributed by atoms with Gasteiger partial charge in [-0.15, -0.1) is 0 Å². The lowest BCUT2D eigenvalue weighted by atomic mass is 10.2. The van der Waals surface area contributed by atoms with Crippen molar-refractivity contribution < 1.29 is 9.53 Å². The van der Waals surface area contributed by atoms with E-state index >= 15 is 0 Å². The van der Waals surface area contributed by atoms with Crippen LogP contribution in [0.25, 0.3) is 0 Å². The molecule has 1 aromatic rings. The van der Waals surface area contributed by atoms with Crippen molar-refractivity contribution in [3.8, 4) is 0 Å². The first-order valence-corrected chi connectivity index (χ1v) is 7.48. The second-order valence-electron chi connectivity index (χ2n) is 4.23. The molecule has 2 atom stereocenters. The molecular weight excluding hydrogens is 278 g/mol. The van der Waals surface area contributed by atoms with Crippen LogP contribution in [0.5, 0.6) is 0 Å². The number of benzene rings is 1. The van der Waals surface area contributed by atoms with Crippen LogP contribution in [0.1, 0.15) is 32.3 Å². The fourth-order valence-corrected chi connectivity index (χ4v) is 2.24. The Labute approximate surface area is 126 Å². The molecule has 106 valence electrons. The standard InChI is InChI=1S/C14H21NO2S2/c1-3-12(18)15(13(19)4-2)14(16)17-10-11-8-6-5-7-9-11/h5-9,12-13,18-19H,3-4,10H2,1-2H3. The van der Waals surface area contributed by atoms with Crippen molar-refractivity contribution in [3.05, 3.63) is 35.9 Å². The molecule has 1 amide bonds. The van der Waals surface area contributed by atoms with Gasteiger partial charge in [0.05, 0.1) is 10.7 Å². The second kappa shape index (κ2) is 8.38. The summed E-state index contributed by atoms with van der Waals surface area (Å²) >= 11 is 8.83. The first-order chi connectivity index (χ1) is 9.10. The van der Waals surface area contributed by atoms with E-state index in [0.717, 1.165) is 18.4 Å². The normalized spacial score (nSPS) is 13.7. The highest BCUT2D eigenvalue weighted by Gasteiger charge is 2.26. The number of rotatable bonds is 6. The van der Waals surface area contributed by atoms with Crippen molar-refractivity contribution >= 4 is 31.4 Å². The lowest BCUT2D eigenvalue weighted by Crippen LogP contribution is -2.42. The minimum absolute atomic E-state index is 0.175. The molecule has 0 aliphatic heterocycles.